The molecule has 14 heavy (non-hydrogen) atoms. The number of hydrogen-bond donors (Lipinski definition) is 1. The number of rotatable bonds is 2. The van der Waals surface area contributed by atoms with Gasteiger partial charge < -0.3 is 10.6 Å². The van der Waals surface area contributed by atoms with E-state index in [0.717, 1.165) is 18.8 Å². The Bertz CT molecular complexity index is 299. The lowest BCUT2D eigenvalue weighted by molar-refractivity contribution is 0.561. The van der Waals surface area contributed by atoms with Crippen LogP contribution < -0.4 is 10.6 Å². The molecule has 0 unspecified atom stereocenters. The van der Waals surface area contributed by atoms with Gasteiger partial charge in [0.25, 0.3) is 0 Å². The molecule has 0 radical (unpaired) electrons. The van der Waals surface area contributed by atoms with Crippen LogP contribution in [0.25, 0.3) is 0 Å². The highest BCUT2D eigenvalue weighted by molar-refractivity contribution is 5.41. The van der Waals surface area contributed by atoms with Crippen LogP contribution in [0.15, 0.2) is 6.07 Å². The largest absolute Gasteiger partial charge is 0.357 e. The molecule has 0 amide bonds. The zero-order valence-corrected chi connectivity index (χ0v) is 8.74. The summed E-state index contributed by atoms with van der Waals surface area (Å²) in [6.45, 7) is 2.84. The molecule has 0 saturated carbocycles. The van der Waals surface area contributed by atoms with Crippen molar-refractivity contribution in [1.29, 1.82) is 0 Å². The molecule has 2 N–H and O–H groups in total. The number of aromatic nitrogens is 2. The molecule has 2 heterocycles. The lowest BCUT2D eigenvalue weighted by Gasteiger charge is -2.28. The average molecular weight is 194 g/mol. The zero-order chi connectivity index (χ0) is 9.97. The molecule has 1 aromatic heterocycles. The normalized spacial score (nSPS) is 17.4. The zero-order valence-electron chi connectivity index (χ0n) is 8.74. The van der Waals surface area contributed by atoms with Crippen LogP contribution in [-0.4, -0.2) is 22.9 Å². The van der Waals surface area contributed by atoms with E-state index in [1.54, 1.807) is 0 Å². The minimum atomic E-state index is 0.529. The molecule has 0 bridgehead atoms. The molecule has 2 rings (SSSR count). The predicted octanol–water partition coefficient (Wildman–Crippen LogP) is 0.869. The van der Waals surface area contributed by atoms with Gasteiger partial charge in [0, 0.05) is 32.7 Å². The Kier molecular flexibility index (Phi) is 2.72. The molecule has 1 aliphatic rings. The predicted molar refractivity (Wildman–Crippen MR) is 57.2 cm³/mol. The summed E-state index contributed by atoms with van der Waals surface area (Å²) in [7, 11) is 1.99. The van der Waals surface area contributed by atoms with E-state index in [2.05, 4.69) is 16.1 Å². The smallest absolute Gasteiger partial charge is 0.126 e. The number of nitrogens with two attached hydrogens (primary N) is 1. The first-order chi connectivity index (χ1) is 6.81. The minimum Gasteiger partial charge on any atom is -0.357 e. The van der Waals surface area contributed by atoms with E-state index >= 15 is 0 Å². The fraction of sp³-hybridized carbons (Fsp3) is 0.700. The van der Waals surface area contributed by atoms with E-state index < -0.39 is 0 Å². The fourth-order valence-corrected chi connectivity index (χ4v) is 2.03. The van der Waals surface area contributed by atoms with Gasteiger partial charge in [0.2, 0.25) is 0 Å². The lowest BCUT2D eigenvalue weighted by Crippen LogP contribution is -2.30. The van der Waals surface area contributed by atoms with Crippen molar-refractivity contribution in [3.8, 4) is 0 Å². The Morgan fingerprint density at radius 3 is 2.64 bits per heavy atom. The fourth-order valence-electron chi connectivity index (χ4n) is 2.03. The van der Waals surface area contributed by atoms with Crippen molar-refractivity contribution in [1.82, 2.24) is 9.78 Å². The topological polar surface area (TPSA) is 47.1 Å². The molecule has 1 aliphatic heterocycles. The average Bonchev–Trinajstić information content (AvgIpc) is 2.61. The van der Waals surface area contributed by atoms with Gasteiger partial charge in [-0.05, 0) is 19.3 Å². The van der Waals surface area contributed by atoms with Crippen molar-refractivity contribution < 1.29 is 0 Å². The second-order valence-corrected chi connectivity index (χ2v) is 3.87. The van der Waals surface area contributed by atoms with Crippen LogP contribution in [0.3, 0.4) is 0 Å². The highest BCUT2D eigenvalue weighted by atomic mass is 15.4. The standard InChI is InChI=1S/C10H18N4/c1-13-10(7-9(8-11)12-13)14-5-3-2-4-6-14/h7H,2-6,8,11H2,1H3. The first kappa shape index (κ1) is 9.52. The van der Waals surface area contributed by atoms with E-state index in [-0.39, 0.29) is 0 Å². The summed E-state index contributed by atoms with van der Waals surface area (Å²) < 4.78 is 1.94. The molecular weight excluding hydrogens is 176 g/mol. The molecule has 0 spiro atoms. The number of piperidine rings is 1. The van der Waals surface area contributed by atoms with Gasteiger partial charge in [0.1, 0.15) is 5.82 Å². The Morgan fingerprint density at radius 2 is 2.07 bits per heavy atom. The van der Waals surface area contributed by atoms with Gasteiger partial charge in [-0.3, -0.25) is 4.68 Å². The third-order valence-corrected chi connectivity index (χ3v) is 2.79. The van der Waals surface area contributed by atoms with Crippen molar-refractivity contribution in [2.75, 3.05) is 18.0 Å². The molecule has 1 saturated heterocycles. The number of nitrogens with zero attached hydrogens (tertiary/aromatic N) is 3. The molecule has 0 aromatic carbocycles. The van der Waals surface area contributed by atoms with Crippen LogP contribution in [0.2, 0.25) is 0 Å². The Morgan fingerprint density at radius 1 is 1.36 bits per heavy atom. The van der Waals surface area contributed by atoms with Gasteiger partial charge in [0.15, 0.2) is 0 Å². The maximum Gasteiger partial charge on any atom is 0.126 e. The summed E-state index contributed by atoms with van der Waals surface area (Å²) in [5, 5.41) is 4.35. The minimum absolute atomic E-state index is 0.529. The van der Waals surface area contributed by atoms with E-state index in [9.17, 15) is 0 Å². The number of aryl methyl sites for hydroxylation is 1. The van der Waals surface area contributed by atoms with Crippen LogP contribution >= 0.6 is 0 Å². The van der Waals surface area contributed by atoms with Gasteiger partial charge in [-0.25, -0.2) is 0 Å². The highest BCUT2D eigenvalue weighted by Crippen LogP contribution is 2.19. The van der Waals surface area contributed by atoms with Crippen LogP contribution in [0, 0.1) is 0 Å². The maximum atomic E-state index is 5.57. The third-order valence-electron chi connectivity index (χ3n) is 2.79. The van der Waals surface area contributed by atoms with Crippen LogP contribution in [0.5, 0.6) is 0 Å². The van der Waals surface area contributed by atoms with Crippen LogP contribution in [0.4, 0.5) is 5.82 Å². The summed E-state index contributed by atoms with van der Waals surface area (Å²) in [5.74, 6) is 1.21. The molecule has 4 nitrogen and oxygen atoms in total. The first-order valence-electron chi connectivity index (χ1n) is 5.29. The van der Waals surface area contributed by atoms with Crippen molar-refractivity contribution in [3.63, 3.8) is 0 Å². The quantitative estimate of drug-likeness (QED) is 0.760. The SMILES string of the molecule is Cn1nc(CN)cc1N1CCCCC1. The van der Waals surface area contributed by atoms with Crippen molar-refractivity contribution in [2.45, 2.75) is 25.8 Å². The third kappa shape index (κ3) is 1.75. The second kappa shape index (κ2) is 4.00. The molecule has 0 aliphatic carbocycles. The van der Waals surface area contributed by atoms with Crippen LogP contribution in [-0.2, 0) is 13.6 Å². The summed E-state index contributed by atoms with van der Waals surface area (Å²) in [4.78, 5) is 2.40. The van der Waals surface area contributed by atoms with Gasteiger partial charge in [-0.15, -0.1) is 0 Å². The van der Waals surface area contributed by atoms with Gasteiger partial charge in [-0.1, -0.05) is 0 Å². The van der Waals surface area contributed by atoms with Crippen molar-refractivity contribution >= 4 is 5.82 Å². The summed E-state index contributed by atoms with van der Waals surface area (Å²) >= 11 is 0. The first-order valence-corrected chi connectivity index (χ1v) is 5.29. The summed E-state index contributed by atoms with van der Waals surface area (Å²) in [5.41, 5.74) is 6.55. The number of hydrogen-bond acceptors (Lipinski definition) is 3. The number of anilines is 1. The molecule has 1 aromatic rings. The van der Waals surface area contributed by atoms with E-state index in [1.165, 1.54) is 25.1 Å². The van der Waals surface area contributed by atoms with E-state index in [0.29, 0.717) is 6.54 Å². The second-order valence-electron chi connectivity index (χ2n) is 3.87. The Hall–Kier alpha value is -1.03. The van der Waals surface area contributed by atoms with E-state index in [4.69, 9.17) is 5.73 Å². The Labute approximate surface area is 84.7 Å². The molecule has 78 valence electrons. The van der Waals surface area contributed by atoms with Crippen LogP contribution in [0.1, 0.15) is 25.0 Å². The van der Waals surface area contributed by atoms with Gasteiger partial charge in [-0.2, -0.15) is 5.10 Å². The summed E-state index contributed by atoms with van der Waals surface area (Å²) in [6, 6.07) is 2.10. The Balaban J connectivity index is 2.17. The van der Waals surface area contributed by atoms with Crippen molar-refractivity contribution in [3.05, 3.63) is 11.8 Å². The molecule has 4 heteroatoms. The van der Waals surface area contributed by atoms with E-state index in [1.807, 2.05) is 11.7 Å². The monoisotopic (exact) mass is 194 g/mol. The highest BCUT2D eigenvalue weighted by Gasteiger charge is 2.14. The van der Waals surface area contributed by atoms with Crippen molar-refractivity contribution in [2.24, 2.45) is 12.8 Å². The van der Waals surface area contributed by atoms with Gasteiger partial charge >= 0.3 is 0 Å². The lowest BCUT2D eigenvalue weighted by atomic mass is 10.1. The molecule has 1 fully saturated rings. The summed E-state index contributed by atoms with van der Waals surface area (Å²) in [6.07, 6.45) is 3.95. The molecule has 0 atom stereocenters. The maximum absolute atomic E-state index is 5.57. The molecular formula is C10H18N4. The van der Waals surface area contributed by atoms with Gasteiger partial charge in [0.05, 0.1) is 5.69 Å².